The van der Waals surface area contributed by atoms with E-state index in [-0.39, 0.29) is 24.0 Å². The molecular weight excluding hydrogens is 317 g/mol. The minimum atomic E-state index is 0. The van der Waals surface area contributed by atoms with E-state index in [1.165, 1.54) is 0 Å². The predicted octanol–water partition coefficient (Wildman–Crippen LogP) is 0.937. The van der Waals surface area contributed by atoms with Crippen molar-refractivity contribution in [3.8, 4) is 0 Å². The fourth-order valence-electron chi connectivity index (χ4n) is 1.21. The Morgan fingerprint density at radius 3 is 2.94 bits per heavy atom. The molecule has 0 aromatic carbocycles. The Balaban J connectivity index is 0.00000225. The zero-order valence-electron chi connectivity index (χ0n) is 9.60. The third-order valence-electron chi connectivity index (χ3n) is 1.94. The molecule has 0 radical (unpaired) electrons. The highest BCUT2D eigenvalue weighted by Gasteiger charge is 2.00. The first-order valence-electron chi connectivity index (χ1n) is 4.77. The molecule has 90 valence electrons. The molecular formula is C10H18IN5. The maximum atomic E-state index is 5.63. The highest BCUT2D eigenvalue weighted by atomic mass is 127. The van der Waals surface area contributed by atoms with Crippen LogP contribution in [0.25, 0.3) is 0 Å². The Kier molecular flexibility index (Phi) is 6.78. The number of aryl methyl sites for hydroxylation is 2. The van der Waals surface area contributed by atoms with Gasteiger partial charge in [-0.2, -0.15) is 5.10 Å². The van der Waals surface area contributed by atoms with Gasteiger partial charge < -0.3 is 11.1 Å². The van der Waals surface area contributed by atoms with Crippen LogP contribution in [-0.2, 0) is 13.6 Å². The third kappa shape index (κ3) is 4.65. The first-order chi connectivity index (χ1) is 7.13. The average molecular weight is 335 g/mol. The van der Waals surface area contributed by atoms with Gasteiger partial charge in [0.1, 0.15) is 0 Å². The topological polar surface area (TPSA) is 68.2 Å². The van der Waals surface area contributed by atoms with E-state index >= 15 is 0 Å². The van der Waals surface area contributed by atoms with Crippen LogP contribution in [0.4, 0.5) is 0 Å². The second-order valence-electron chi connectivity index (χ2n) is 3.27. The second kappa shape index (κ2) is 7.26. The van der Waals surface area contributed by atoms with Crippen molar-refractivity contribution in [1.82, 2.24) is 15.1 Å². The van der Waals surface area contributed by atoms with Gasteiger partial charge in [0.25, 0.3) is 0 Å². The summed E-state index contributed by atoms with van der Waals surface area (Å²) in [6.45, 7) is 6.69. The van der Waals surface area contributed by atoms with Crippen LogP contribution in [0.2, 0.25) is 0 Å². The minimum Gasteiger partial charge on any atom is -0.370 e. The molecule has 0 saturated carbocycles. The lowest BCUT2D eigenvalue weighted by atomic mass is 10.4. The lowest BCUT2D eigenvalue weighted by Crippen LogP contribution is -2.31. The lowest BCUT2D eigenvalue weighted by Gasteiger charge is -2.02. The van der Waals surface area contributed by atoms with Crippen LogP contribution in [0.15, 0.2) is 23.7 Å². The van der Waals surface area contributed by atoms with E-state index < -0.39 is 0 Å². The lowest BCUT2D eigenvalue weighted by molar-refractivity contribution is 0.704. The van der Waals surface area contributed by atoms with E-state index in [1.54, 1.807) is 10.8 Å². The molecule has 0 aliphatic carbocycles. The van der Waals surface area contributed by atoms with Crippen LogP contribution in [0, 0.1) is 6.92 Å². The average Bonchev–Trinajstić information content (AvgIpc) is 2.51. The van der Waals surface area contributed by atoms with E-state index in [0.717, 1.165) is 11.4 Å². The smallest absolute Gasteiger partial charge is 0.189 e. The number of guanidine groups is 1. The SMILES string of the molecule is C=CCNC(N)=NCc1cc(C)nn1C.I. The monoisotopic (exact) mass is 335 g/mol. The van der Waals surface area contributed by atoms with Gasteiger partial charge in [-0.05, 0) is 13.0 Å². The van der Waals surface area contributed by atoms with Crippen molar-refractivity contribution < 1.29 is 0 Å². The summed E-state index contributed by atoms with van der Waals surface area (Å²) in [7, 11) is 1.89. The molecule has 0 atom stereocenters. The molecule has 0 amide bonds. The van der Waals surface area contributed by atoms with Gasteiger partial charge in [-0.25, -0.2) is 4.99 Å². The van der Waals surface area contributed by atoms with Gasteiger partial charge in [-0.1, -0.05) is 6.08 Å². The molecule has 5 nitrogen and oxygen atoms in total. The maximum Gasteiger partial charge on any atom is 0.189 e. The molecule has 6 heteroatoms. The van der Waals surface area contributed by atoms with Crippen LogP contribution in [-0.4, -0.2) is 22.3 Å². The Morgan fingerprint density at radius 2 is 2.44 bits per heavy atom. The van der Waals surface area contributed by atoms with Crippen LogP contribution in [0.3, 0.4) is 0 Å². The highest BCUT2D eigenvalue weighted by molar-refractivity contribution is 14.0. The van der Waals surface area contributed by atoms with Gasteiger partial charge in [0, 0.05) is 13.6 Å². The van der Waals surface area contributed by atoms with E-state index in [0.29, 0.717) is 19.0 Å². The van der Waals surface area contributed by atoms with Crippen molar-refractivity contribution in [3.05, 3.63) is 30.1 Å². The number of nitrogens with zero attached hydrogens (tertiary/aromatic N) is 3. The molecule has 0 aliphatic rings. The van der Waals surface area contributed by atoms with Gasteiger partial charge >= 0.3 is 0 Å². The second-order valence-corrected chi connectivity index (χ2v) is 3.27. The summed E-state index contributed by atoms with van der Waals surface area (Å²) in [5.41, 5.74) is 7.65. The number of rotatable bonds is 4. The van der Waals surface area contributed by atoms with Crippen molar-refractivity contribution in [2.24, 2.45) is 17.8 Å². The molecule has 0 spiro atoms. The largest absolute Gasteiger partial charge is 0.370 e. The van der Waals surface area contributed by atoms with Gasteiger partial charge in [0.2, 0.25) is 0 Å². The van der Waals surface area contributed by atoms with Gasteiger partial charge in [0.15, 0.2) is 5.96 Å². The normalized spacial score (nSPS) is 10.8. The fourth-order valence-corrected chi connectivity index (χ4v) is 1.21. The van der Waals surface area contributed by atoms with Crippen LogP contribution >= 0.6 is 24.0 Å². The first-order valence-corrected chi connectivity index (χ1v) is 4.77. The number of nitrogens with two attached hydrogens (primary N) is 1. The first kappa shape index (κ1) is 14.9. The Bertz CT molecular complexity index is 369. The number of hydrogen-bond donors (Lipinski definition) is 2. The molecule has 1 aromatic heterocycles. The van der Waals surface area contributed by atoms with Crippen molar-refractivity contribution in [2.75, 3.05) is 6.54 Å². The van der Waals surface area contributed by atoms with E-state index in [1.807, 2.05) is 20.0 Å². The summed E-state index contributed by atoms with van der Waals surface area (Å²) in [4.78, 5) is 4.18. The van der Waals surface area contributed by atoms with Crippen molar-refractivity contribution in [2.45, 2.75) is 13.5 Å². The zero-order valence-corrected chi connectivity index (χ0v) is 11.9. The number of nitrogens with one attached hydrogen (secondary N) is 1. The number of hydrogen-bond acceptors (Lipinski definition) is 2. The summed E-state index contributed by atoms with van der Waals surface area (Å²) < 4.78 is 1.81. The third-order valence-corrected chi connectivity index (χ3v) is 1.94. The summed E-state index contributed by atoms with van der Waals surface area (Å²) in [6, 6.07) is 1.99. The number of aliphatic imine (C=N–C) groups is 1. The molecule has 16 heavy (non-hydrogen) atoms. The van der Waals surface area contributed by atoms with Gasteiger partial charge in [0.05, 0.1) is 17.9 Å². The Morgan fingerprint density at radius 1 is 1.75 bits per heavy atom. The Hall–Kier alpha value is -1.05. The van der Waals surface area contributed by atoms with Gasteiger partial charge in [-0.15, -0.1) is 30.6 Å². The minimum absolute atomic E-state index is 0. The molecule has 3 N–H and O–H groups in total. The van der Waals surface area contributed by atoms with Gasteiger partial charge in [-0.3, -0.25) is 4.68 Å². The maximum absolute atomic E-state index is 5.63. The molecule has 1 rings (SSSR count). The van der Waals surface area contributed by atoms with E-state index in [4.69, 9.17) is 5.73 Å². The van der Waals surface area contributed by atoms with E-state index in [9.17, 15) is 0 Å². The molecule has 1 aromatic rings. The summed E-state index contributed by atoms with van der Waals surface area (Å²) >= 11 is 0. The summed E-state index contributed by atoms with van der Waals surface area (Å²) in [5, 5.41) is 7.13. The molecule has 0 bridgehead atoms. The zero-order chi connectivity index (χ0) is 11.3. The van der Waals surface area contributed by atoms with Crippen molar-refractivity contribution in [1.29, 1.82) is 0 Å². The summed E-state index contributed by atoms with van der Waals surface area (Å²) in [5.74, 6) is 0.425. The molecule has 0 saturated heterocycles. The number of halogens is 1. The predicted molar refractivity (Wildman–Crippen MR) is 76.9 cm³/mol. The van der Waals surface area contributed by atoms with Crippen molar-refractivity contribution in [3.63, 3.8) is 0 Å². The standard InChI is InChI=1S/C10H17N5.HI/c1-4-5-12-10(11)13-7-9-6-8(2)14-15(9)3;/h4,6H,1,5,7H2,2-3H3,(H3,11,12,13);1H. The van der Waals surface area contributed by atoms with Crippen molar-refractivity contribution >= 4 is 29.9 Å². The number of aromatic nitrogens is 2. The van der Waals surface area contributed by atoms with Crippen LogP contribution in [0.5, 0.6) is 0 Å². The highest BCUT2D eigenvalue weighted by Crippen LogP contribution is 2.02. The Labute approximate surface area is 113 Å². The summed E-state index contributed by atoms with van der Waals surface area (Å²) in [6.07, 6.45) is 1.73. The molecule has 0 fully saturated rings. The quantitative estimate of drug-likeness (QED) is 0.372. The van der Waals surface area contributed by atoms with Crippen LogP contribution in [0.1, 0.15) is 11.4 Å². The molecule has 0 aliphatic heterocycles. The van der Waals surface area contributed by atoms with E-state index in [2.05, 4.69) is 22.0 Å². The fraction of sp³-hybridized carbons (Fsp3) is 0.400. The molecule has 1 heterocycles. The molecule has 0 unspecified atom stereocenters. The van der Waals surface area contributed by atoms with Crippen LogP contribution < -0.4 is 11.1 Å².